The molecule has 0 bridgehead atoms. The maximum atomic E-state index is 6.41. The lowest BCUT2D eigenvalue weighted by Gasteiger charge is -2.30. The fourth-order valence-electron chi connectivity index (χ4n) is 3.61. The predicted molar refractivity (Wildman–Crippen MR) is 112 cm³/mol. The van der Waals surface area contributed by atoms with Crippen molar-refractivity contribution in [2.45, 2.75) is 44.4 Å². The zero-order valence-electron chi connectivity index (χ0n) is 15.0. The molecule has 1 N–H and O–H groups in total. The van der Waals surface area contributed by atoms with Crippen LogP contribution in [0.25, 0.3) is 10.8 Å². The smallest absolute Gasteiger partial charge is 0.138 e. The van der Waals surface area contributed by atoms with Gasteiger partial charge in [0.2, 0.25) is 0 Å². The van der Waals surface area contributed by atoms with Crippen molar-refractivity contribution in [3.63, 3.8) is 0 Å². The molecule has 1 heterocycles. The van der Waals surface area contributed by atoms with Gasteiger partial charge in [-0.15, -0.1) is 0 Å². The lowest BCUT2D eigenvalue weighted by atomic mass is 9.92. The Bertz CT molecular complexity index is 906. The molecule has 0 spiro atoms. The molecule has 0 atom stereocenters. The standard InChI is InChI=1S/C22H22Cl2N2O/c23-18-3-1-15(2-4-18)13-26-19-5-7-20(8-6-19)27-22-12-16-9-10-25-14-17(16)11-21(22)24/h1-4,9-12,14,19-20,26H,5-8,13H2/t19-,20-. The van der Waals surface area contributed by atoms with Crippen molar-refractivity contribution in [2.75, 3.05) is 0 Å². The summed E-state index contributed by atoms with van der Waals surface area (Å²) in [7, 11) is 0. The van der Waals surface area contributed by atoms with Gasteiger partial charge in [-0.1, -0.05) is 35.3 Å². The highest BCUT2D eigenvalue weighted by Gasteiger charge is 2.23. The van der Waals surface area contributed by atoms with E-state index in [0.29, 0.717) is 11.1 Å². The van der Waals surface area contributed by atoms with E-state index in [1.165, 1.54) is 5.56 Å². The van der Waals surface area contributed by atoms with Crippen LogP contribution >= 0.6 is 23.2 Å². The molecule has 0 aliphatic heterocycles. The normalized spacial score (nSPS) is 19.9. The topological polar surface area (TPSA) is 34.1 Å². The van der Waals surface area contributed by atoms with Crippen molar-refractivity contribution in [3.05, 3.63) is 70.5 Å². The first-order valence-electron chi connectivity index (χ1n) is 9.35. The van der Waals surface area contributed by atoms with Crippen LogP contribution in [0, 0.1) is 0 Å². The highest BCUT2D eigenvalue weighted by molar-refractivity contribution is 6.32. The summed E-state index contributed by atoms with van der Waals surface area (Å²) in [6, 6.07) is 14.5. The van der Waals surface area contributed by atoms with E-state index < -0.39 is 0 Å². The molecule has 1 aliphatic rings. The second kappa shape index (κ2) is 8.47. The first-order chi connectivity index (χ1) is 13.2. The summed E-state index contributed by atoms with van der Waals surface area (Å²) in [6.45, 7) is 0.873. The van der Waals surface area contributed by atoms with E-state index in [2.05, 4.69) is 22.4 Å². The average molecular weight is 401 g/mol. The van der Waals surface area contributed by atoms with Gasteiger partial charge in [-0.25, -0.2) is 0 Å². The van der Waals surface area contributed by atoms with Gasteiger partial charge in [0.05, 0.1) is 11.1 Å². The van der Waals surface area contributed by atoms with Crippen molar-refractivity contribution < 1.29 is 4.74 Å². The number of pyridine rings is 1. The Balaban J connectivity index is 1.30. The highest BCUT2D eigenvalue weighted by atomic mass is 35.5. The zero-order valence-corrected chi connectivity index (χ0v) is 16.5. The van der Waals surface area contributed by atoms with Crippen LogP contribution < -0.4 is 10.1 Å². The largest absolute Gasteiger partial charge is 0.489 e. The molecule has 140 valence electrons. The van der Waals surface area contributed by atoms with E-state index in [-0.39, 0.29) is 6.10 Å². The number of nitrogens with one attached hydrogen (secondary N) is 1. The lowest BCUT2D eigenvalue weighted by Crippen LogP contribution is -2.35. The molecule has 27 heavy (non-hydrogen) atoms. The number of nitrogens with zero attached hydrogens (tertiary/aromatic N) is 1. The first-order valence-corrected chi connectivity index (χ1v) is 10.1. The van der Waals surface area contributed by atoms with Crippen molar-refractivity contribution in [1.29, 1.82) is 0 Å². The van der Waals surface area contributed by atoms with Crippen molar-refractivity contribution in [2.24, 2.45) is 0 Å². The lowest BCUT2D eigenvalue weighted by molar-refractivity contribution is 0.139. The SMILES string of the molecule is Clc1ccc(CN[C@H]2CC[C@H](Oc3cc4ccncc4cc3Cl)CC2)cc1. The molecule has 5 heteroatoms. The summed E-state index contributed by atoms with van der Waals surface area (Å²) < 4.78 is 6.22. The maximum absolute atomic E-state index is 6.41. The Kier molecular flexibility index (Phi) is 5.82. The highest BCUT2D eigenvalue weighted by Crippen LogP contribution is 2.33. The molecule has 1 saturated carbocycles. The van der Waals surface area contributed by atoms with Gasteiger partial charge in [-0.3, -0.25) is 4.98 Å². The molecule has 0 amide bonds. The third-order valence-electron chi connectivity index (χ3n) is 5.17. The molecule has 3 nitrogen and oxygen atoms in total. The quantitative estimate of drug-likeness (QED) is 0.568. The third-order valence-corrected chi connectivity index (χ3v) is 5.71. The van der Waals surface area contributed by atoms with E-state index in [0.717, 1.165) is 53.8 Å². The average Bonchev–Trinajstić information content (AvgIpc) is 2.69. The summed E-state index contributed by atoms with van der Waals surface area (Å²) in [6.07, 6.45) is 8.10. The summed E-state index contributed by atoms with van der Waals surface area (Å²) in [4.78, 5) is 4.14. The molecule has 4 rings (SSSR count). The molecule has 0 unspecified atom stereocenters. The van der Waals surface area contributed by atoms with Gasteiger partial charge in [-0.05, 0) is 67.0 Å². The van der Waals surface area contributed by atoms with Crippen LogP contribution in [0.4, 0.5) is 0 Å². The van der Waals surface area contributed by atoms with Gasteiger partial charge in [0.25, 0.3) is 0 Å². The predicted octanol–water partition coefficient (Wildman–Crippen LogP) is 6.02. The van der Waals surface area contributed by atoms with Crippen LogP contribution in [0.1, 0.15) is 31.2 Å². The Morgan fingerprint density at radius 1 is 0.963 bits per heavy atom. The number of rotatable bonds is 5. The van der Waals surface area contributed by atoms with E-state index >= 15 is 0 Å². The molecule has 2 aromatic carbocycles. The molecule has 0 radical (unpaired) electrons. The van der Waals surface area contributed by atoms with Gasteiger partial charge in [-0.2, -0.15) is 0 Å². The van der Waals surface area contributed by atoms with Crippen LogP contribution in [0.3, 0.4) is 0 Å². The number of fused-ring (bicyclic) bond motifs is 1. The van der Waals surface area contributed by atoms with Crippen LogP contribution in [0.2, 0.25) is 10.0 Å². The van der Waals surface area contributed by atoms with Crippen molar-refractivity contribution in [3.8, 4) is 5.75 Å². The zero-order chi connectivity index (χ0) is 18.6. The monoisotopic (exact) mass is 400 g/mol. The summed E-state index contributed by atoms with van der Waals surface area (Å²) in [5.74, 6) is 0.771. The van der Waals surface area contributed by atoms with E-state index in [1.54, 1.807) is 6.20 Å². The molecule has 1 aliphatic carbocycles. The number of benzene rings is 2. The number of hydrogen-bond donors (Lipinski definition) is 1. The van der Waals surface area contributed by atoms with Gasteiger partial charge >= 0.3 is 0 Å². The Morgan fingerprint density at radius 3 is 2.52 bits per heavy atom. The first kappa shape index (κ1) is 18.5. The second-order valence-electron chi connectivity index (χ2n) is 7.10. The molecule has 0 saturated heterocycles. The summed E-state index contributed by atoms with van der Waals surface area (Å²) in [5.41, 5.74) is 1.26. The van der Waals surface area contributed by atoms with E-state index in [4.69, 9.17) is 27.9 Å². The Hall–Kier alpha value is -1.81. The van der Waals surface area contributed by atoms with Gasteiger partial charge in [0, 0.05) is 35.4 Å². The molecule has 3 aromatic rings. The van der Waals surface area contributed by atoms with E-state index in [1.807, 2.05) is 36.5 Å². The van der Waals surface area contributed by atoms with Gasteiger partial charge in [0.15, 0.2) is 0 Å². The van der Waals surface area contributed by atoms with Crippen LogP contribution in [-0.4, -0.2) is 17.1 Å². The van der Waals surface area contributed by atoms with Crippen molar-refractivity contribution >= 4 is 34.0 Å². The number of ether oxygens (including phenoxy) is 1. The van der Waals surface area contributed by atoms with Gasteiger partial charge < -0.3 is 10.1 Å². The van der Waals surface area contributed by atoms with Crippen LogP contribution in [0.15, 0.2) is 54.9 Å². The van der Waals surface area contributed by atoms with E-state index in [9.17, 15) is 0 Å². The summed E-state index contributed by atoms with van der Waals surface area (Å²) in [5, 5.41) is 7.21. The van der Waals surface area contributed by atoms with Crippen molar-refractivity contribution in [1.82, 2.24) is 10.3 Å². The third kappa shape index (κ3) is 4.73. The van der Waals surface area contributed by atoms with Crippen LogP contribution in [0.5, 0.6) is 5.75 Å². The Labute approximate surface area is 169 Å². The number of halogens is 2. The minimum atomic E-state index is 0.218. The Morgan fingerprint density at radius 2 is 1.74 bits per heavy atom. The summed E-state index contributed by atoms with van der Waals surface area (Å²) >= 11 is 12.3. The molecule has 1 aromatic heterocycles. The maximum Gasteiger partial charge on any atom is 0.138 e. The van der Waals surface area contributed by atoms with Gasteiger partial charge in [0.1, 0.15) is 5.75 Å². The van der Waals surface area contributed by atoms with Crippen LogP contribution in [-0.2, 0) is 6.54 Å². The second-order valence-corrected chi connectivity index (χ2v) is 7.95. The molecule has 1 fully saturated rings. The molecular weight excluding hydrogens is 379 g/mol. The minimum absolute atomic E-state index is 0.218. The fourth-order valence-corrected chi connectivity index (χ4v) is 3.95. The number of hydrogen-bond acceptors (Lipinski definition) is 3. The molecular formula is C22H22Cl2N2O. The minimum Gasteiger partial charge on any atom is -0.489 e. The fraction of sp³-hybridized carbons (Fsp3) is 0.318. The number of aromatic nitrogens is 1.